The van der Waals surface area contributed by atoms with E-state index in [0.29, 0.717) is 0 Å². The Morgan fingerprint density at radius 2 is 2.10 bits per heavy atom. The Bertz CT molecular complexity index is 668. The average Bonchev–Trinajstić information content (AvgIpc) is 2.50. The van der Waals surface area contributed by atoms with Gasteiger partial charge in [0.1, 0.15) is 11.1 Å². The molecule has 0 aromatic rings. The van der Waals surface area contributed by atoms with Crippen LogP contribution in [0.25, 0.3) is 0 Å². The van der Waals surface area contributed by atoms with Gasteiger partial charge in [-0.15, -0.1) is 0 Å². The van der Waals surface area contributed by atoms with Crippen molar-refractivity contribution in [2.24, 2.45) is 5.73 Å². The summed E-state index contributed by atoms with van der Waals surface area (Å²) in [6.07, 6.45) is -0.381. The molecule has 0 bridgehead atoms. The minimum atomic E-state index is -4.09. The van der Waals surface area contributed by atoms with Gasteiger partial charge < -0.3 is 20.5 Å². The molecular weight excluding hydrogens is 304 g/mol. The summed E-state index contributed by atoms with van der Waals surface area (Å²) < 4.78 is 27.8. The van der Waals surface area contributed by atoms with Crippen molar-refractivity contribution in [1.29, 1.82) is 0 Å². The number of nitrogens with two attached hydrogens (primary N) is 1. The van der Waals surface area contributed by atoms with E-state index in [4.69, 9.17) is 5.73 Å². The summed E-state index contributed by atoms with van der Waals surface area (Å²) >= 11 is 0. The van der Waals surface area contributed by atoms with Gasteiger partial charge in [0.25, 0.3) is 0 Å². The molecule has 116 valence electrons. The molecule has 0 aliphatic carbocycles. The molecule has 0 spiro atoms. The minimum absolute atomic E-state index is 0.282. The maximum Gasteiger partial charge on any atom is 0.409 e. The van der Waals surface area contributed by atoms with Crippen molar-refractivity contribution in [3.05, 3.63) is 11.8 Å². The van der Waals surface area contributed by atoms with Gasteiger partial charge >= 0.3 is 12.1 Å². The molecule has 2 fully saturated rings. The van der Waals surface area contributed by atoms with Gasteiger partial charge in [-0.05, 0) is 19.9 Å². The summed E-state index contributed by atoms with van der Waals surface area (Å²) in [6.45, 7) is 2.50. The number of hydrogen-bond acceptors (Lipinski definition) is 6. The van der Waals surface area contributed by atoms with Crippen LogP contribution in [0.2, 0.25) is 0 Å². The van der Waals surface area contributed by atoms with Crippen LogP contribution in [0.15, 0.2) is 11.8 Å². The molecule has 2 rings (SSSR count). The van der Waals surface area contributed by atoms with Crippen molar-refractivity contribution in [2.45, 2.75) is 36.4 Å². The zero-order valence-electron chi connectivity index (χ0n) is 11.3. The van der Waals surface area contributed by atoms with Crippen LogP contribution >= 0.6 is 0 Å². The lowest BCUT2D eigenvalue weighted by Gasteiger charge is -2.35. The highest BCUT2D eigenvalue weighted by atomic mass is 32.2. The zero-order valence-corrected chi connectivity index (χ0v) is 12.1. The topological polar surface area (TPSA) is 144 Å². The van der Waals surface area contributed by atoms with E-state index < -0.39 is 49.7 Å². The summed E-state index contributed by atoms with van der Waals surface area (Å²) in [7, 11) is -4.09. The SMILES string of the molecule is C/C=C(/OC(N)=O)[C@]1(C)[C@H](C(=O)O)N2C(=O)C[C@H]2S1(=O)=O. The van der Waals surface area contributed by atoms with E-state index in [1.165, 1.54) is 6.92 Å². The van der Waals surface area contributed by atoms with Crippen LogP contribution in [0.5, 0.6) is 0 Å². The van der Waals surface area contributed by atoms with E-state index >= 15 is 0 Å². The number of ether oxygens (including phenoxy) is 1. The first-order chi connectivity index (χ1) is 9.58. The van der Waals surface area contributed by atoms with Crippen molar-refractivity contribution in [3.63, 3.8) is 0 Å². The molecule has 3 N–H and O–H groups in total. The van der Waals surface area contributed by atoms with Gasteiger partial charge in [0.2, 0.25) is 5.91 Å². The molecular formula is C11H14N2O7S. The van der Waals surface area contributed by atoms with Crippen LogP contribution in [0.4, 0.5) is 4.79 Å². The van der Waals surface area contributed by atoms with Gasteiger partial charge in [-0.3, -0.25) is 4.79 Å². The predicted molar refractivity (Wildman–Crippen MR) is 68.4 cm³/mol. The Hall–Kier alpha value is -2.10. The molecule has 2 saturated heterocycles. The number of aliphatic carboxylic acids is 1. The molecule has 21 heavy (non-hydrogen) atoms. The summed E-state index contributed by atoms with van der Waals surface area (Å²) in [4.78, 5) is 34.8. The van der Waals surface area contributed by atoms with E-state index in [2.05, 4.69) is 4.74 Å². The maximum absolute atomic E-state index is 12.6. The average molecular weight is 318 g/mol. The van der Waals surface area contributed by atoms with Crippen LogP contribution in [-0.2, 0) is 24.2 Å². The second kappa shape index (κ2) is 4.45. The van der Waals surface area contributed by atoms with E-state index in [0.717, 1.165) is 17.9 Å². The van der Waals surface area contributed by atoms with Crippen LogP contribution in [0.1, 0.15) is 20.3 Å². The van der Waals surface area contributed by atoms with E-state index in [1.807, 2.05) is 0 Å². The highest BCUT2D eigenvalue weighted by molar-refractivity contribution is 7.94. The van der Waals surface area contributed by atoms with E-state index in [-0.39, 0.29) is 6.42 Å². The molecule has 2 amide bonds. The first-order valence-electron chi connectivity index (χ1n) is 6.00. The van der Waals surface area contributed by atoms with Crippen LogP contribution < -0.4 is 5.73 Å². The number of rotatable bonds is 3. The number of nitrogens with zero attached hydrogens (tertiary/aromatic N) is 1. The van der Waals surface area contributed by atoms with Gasteiger partial charge in [0.15, 0.2) is 20.6 Å². The van der Waals surface area contributed by atoms with Crippen molar-refractivity contribution in [2.75, 3.05) is 0 Å². The maximum atomic E-state index is 12.6. The number of primary amides is 1. The number of allylic oxidation sites excluding steroid dienone is 1. The van der Waals surface area contributed by atoms with Crippen LogP contribution in [0.3, 0.4) is 0 Å². The first kappa shape index (κ1) is 15.3. The lowest BCUT2D eigenvalue weighted by Crippen LogP contribution is -2.57. The molecule has 10 heteroatoms. The molecule has 0 aromatic carbocycles. The molecule has 0 aromatic heterocycles. The normalized spacial score (nSPS) is 34.1. The summed E-state index contributed by atoms with van der Waals surface area (Å²) in [5.74, 6) is -2.47. The number of β-lactam (4-membered cyclic amide) rings is 1. The molecule has 0 radical (unpaired) electrons. The molecule has 0 unspecified atom stereocenters. The van der Waals surface area contributed by atoms with Gasteiger partial charge in [0.05, 0.1) is 6.42 Å². The fourth-order valence-corrected chi connectivity index (χ4v) is 5.29. The van der Waals surface area contributed by atoms with Gasteiger partial charge in [-0.2, -0.15) is 0 Å². The second-order valence-corrected chi connectivity index (χ2v) is 7.41. The molecule has 0 saturated carbocycles. The number of carbonyl (C=O) groups is 3. The lowest BCUT2D eigenvalue weighted by atomic mass is 9.94. The molecule has 3 atom stereocenters. The van der Waals surface area contributed by atoms with Crippen molar-refractivity contribution < 1.29 is 32.6 Å². The fraction of sp³-hybridized carbons (Fsp3) is 0.545. The number of carbonyl (C=O) groups excluding carboxylic acids is 2. The van der Waals surface area contributed by atoms with Gasteiger partial charge in [-0.1, -0.05) is 0 Å². The highest BCUT2D eigenvalue weighted by Crippen LogP contribution is 2.49. The van der Waals surface area contributed by atoms with Gasteiger partial charge in [-0.25, -0.2) is 18.0 Å². The quantitative estimate of drug-likeness (QED) is 0.511. The second-order valence-electron chi connectivity index (χ2n) is 4.93. The summed E-state index contributed by atoms with van der Waals surface area (Å²) in [5.41, 5.74) is 4.89. The van der Waals surface area contributed by atoms with Crippen molar-refractivity contribution in [3.8, 4) is 0 Å². The van der Waals surface area contributed by atoms with Crippen LogP contribution in [0, 0.1) is 0 Å². The third-order valence-electron chi connectivity index (χ3n) is 3.89. The Labute approximate surface area is 120 Å². The number of amides is 2. The van der Waals surface area contributed by atoms with Crippen molar-refractivity contribution in [1.82, 2.24) is 4.90 Å². The lowest BCUT2D eigenvalue weighted by molar-refractivity contribution is -0.157. The smallest absolute Gasteiger partial charge is 0.409 e. The third-order valence-corrected chi connectivity index (χ3v) is 6.61. The Kier molecular flexibility index (Phi) is 3.24. The van der Waals surface area contributed by atoms with E-state index in [9.17, 15) is 27.9 Å². The molecule has 2 heterocycles. The summed E-state index contributed by atoms with van der Waals surface area (Å²) in [6, 6.07) is -1.67. The number of sulfone groups is 1. The molecule has 2 aliphatic heterocycles. The number of fused-ring (bicyclic) bond motifs is 1. The fourth-order valence-electron chi connectivity index (χ4n) is 2.86. The molecule has 9 nitrogen and oxygen atoms in total. The highest BCUT2D eigenvalue weighted by Gasteiger charge is 2.72. The standard InChI is InChI=1S/C11H14N2O7S/c1-3-5(20-10(12)17)11(2)8(9(15)16)13-6(14)4-7(13)21(11,18)19/h3,7-8H,4H2,1-2H3,(H2,12,17)(H,15,16)/b5-3+/t7-,8+,11-/m1/s1. The third kappa shape index (κ3) is 1.75. The number of carboxylic acids is 1. The monoisotopic (exact) mass is 318 g/mol. The number of hydrogen-bond donors (Lipinski definition) is 2. The summed E-state index contributed by atoms with van der Waals surface area (Å²) in [5, 5.41) is 8.12. The predicted octanol–water partition coefficient (Wildman–Crippen LogP) is -0.816. The van der Waals surface area contributed by atoms with E-state index in [1.54, 1.807) is 0 Å². The molecule has 2 aliphatic rings. The van der Waals surface area contributed by atoms with Crippen LogP contribution in [-0.4, -0.2) is 52.6 Å². The Balaban J connectivity index is 2.64. The zero-order chi connectivity index (χ0) is 16.2. The number of carboxylic acid groups (broad SMARTS) is 1. The largest absolute Gasteiger partial charge is 0.480 e. The Morgan fingerprint density at radius 1 is 1.52 bits per heavy atom. The van der Waals surface area contributed by atoms with Crippen molar-refractivity contribution >= 4 is 27.8 Å². The Morgan fingerprint density at radius 3 is 2.48 bits per heavy atom. The van der Waals surface area contributed by atoms with Gasteiger partial charge in [0, 0.05) is 0 Å². The minimum Gasteiger partial charge on any atom is -0.480 e. The first-order valence-corrected chi connectivity index (χ1v) is 7.55.